The van der Waals surface area contributed by atoms with Crippen molar-refractivity contribution in [1.82, 2.24) is 0 Å². The van der Waals surface area contributed by atoms with Gasteiger partial charge in [0.05, 0.1) is 0 Å². The molecule has 0 saturated carbocycles. The topological polar surface area (TPSA) is 86.3 Å². The van der Waals surface area contributed by atoms with Crippen LogP contribution in [-0.2, 0) is 0 Å². The van der Waals surface area contributed by atoms with Gasteiger partial charge in [-0.05, 0) is 21.6 Å². The van der Waals surface area contributed by atoms with E-state index in [-0.39, 0.29) is 0 Å². The molecule has 0 aliphatic rings. The van der Waals surface area contributed by atoms with E-state index < -0.39 is 20.6 Å². The Morgan fingerprint density at radius 3 is 1.43 bits per heavy atom. The molecule has 0 bridgehead atoms. The molecule has 0 aromatic carbocycles. The molecule has 0 amide bonds. The minimum Gasteiger partial charge on any atom is -0.263 e. The fraction of sp³-hybridized carbons (Fsp3) is 1.00. The van der Waals surface area contributed by atoms with Crippen molar-refractivity contribution in [1.29, 1.82) is 0 Å². The Morgan fingerprint density at radius 2 is 1.29 bits per heavy atom. The van der Waals surface area contributed by atoms with Crippen molar-refractivity contribution in [3.8, 4) is 0 Å². The Labute approximate surface area is 89.5 Å². The largest absolute Gasteiger partial charge is 0.267 e. The van der Waals surface area contributed by atoms with Gasteiger partial charge in [0.15, 0.2) is 0 Å². The third-order valence-electron chi connectivity index (χ3n) is 1.45. The molecular formula is C6H12N2O4S2. The molecule has 14 heavy (non-hydrogen) atoms. The third-order valence-corrected chi connectivity index (χ3v) is 4.68. The van der Waals surface area contributed by atoms with Gasteiger partial charge in [-0.15, -0.1) is 0 Å². The van der Waals surface area contributed by atoms with Crippen molar-refractivity contribution in [2.75, 3.05) is 0 Å². The standard InChI is InChI=1S/C6H12N2O4S2/c1-3-5(7(9)10)13-14-6(4-2)8(11)12/h5-6H,3-4H2,1-2H3. The van der Waals surface area contributed by atoms with Crippen molar-refractivity contribution < 1.29 is 9.85 Å². The van der Waals surface area contributed by atoms with Crippen molar-refractivity contribution in [2.45, 2.75) is 37.4 Å². The summed E-state index contributed by atoms with van der Waals surface area (Å²) < 4.78 is 0. The molecule has 0 aliphatic carbocycles. The first kappa shape index (κ1) is 13.5. The Bertz CT molecular complexity index is 192. The highest BCUT2D eigenvalue weighted by molar-refractivity contribution is 8.77. The average molecular weight is 240 g/mol. The Morgan fingerprint density at radius 1 is 1.00 bits per heavy atom. The van der Waals surface area contributed by atoms with E-state index in [0.29, 0.717) is 12.8 Å². The van der Waals surface area contributed by atoms with Gasteiger partial charge in [0, 0.05) is 22.7 Å². The van der Waals surface area contributed by atoms with Crippen LogP contribution in [0.5, 0.6) is 0 Å². The van der Waals surface area contributed by atoms with Gasteiger partial charge < -0.3 is 0 Å². The summed E-state index contributed by atoms with van der Waals surface area (Å²) in [6.07, 6.45) is 0.748. The molecule has 82 valence electrons. The maximum Gasteiger partial charge on any atom is 0.267 e. The van der Waals surface area contributed by atoms with Crippen LogP contribution in [0.3, 0.4) is 0 Å². The number of hydrogen-bond acceptors (Lipinski definition) is 6. The Balaban J connectivity index is 4.00. The molecule has 6 nitrogen and oxygen atoms in total. The van der Waals surface area contributed by atoms with Crippen LogP contribution in [0, 0.1) is 20.2 Å². The van der Waals surface area contributed by atoms with Crippen LogP contribution in [0.1, 0.15) is 26.7 Å². The van der Waals surface area contributed by atoms with Gasteiger partial charge >= 0.3 is 0 Å². The lowest BCUT2D eigenvalue weighted by molar-refractivity contribution is -0.496. The molecule has 0 heterocycles. The fourth-order valence-electron chi connectivity index (χ4n) is 0.633. The SMILES string of the molecule is CCC(SSC(CC)[N+](=O)[O-])[N+](=O)[O-]. The summed E-state index contributed by atoms with van der Waals surface area (Å²) in [6.45, 7) is 3.38. The monoisotopic (exact) mass is 240 g/mol. The highest BCUT2D eigenvalue weighted by atomic mass is 33.1. The lowest BCUT2D eigenvalue weighted by Gasteiger charge is -2.07. The maximum atomic E-state index is 10.4. The second kappa shape index (κ2) is 6.88. The van der Waals surface area contributed by atoms with Crippen LogP contribution in [0.15, 0.2) is 0 Å². The molecule has 0 saturated heterocycles. The summed E-state index contributed by atoms with van der Waals surface area (Å²) in [5.74, 6) is 0. The lowest BCUT2D eigenvalue weighted by Crippen LogP contribution is -2.16. The van der Waals surface area contributed by atoms with E-state index in [4.69, 9.17) is 0 Å². The van der Waals surface area contributed by atoms with Crippen LogP contribution in [0.4, 0.5) is 0 Å². The quantitative estimate of drug-likeness (QED) is 0.294. The highest BCUT2D eigenvalue weighted by Gasteiger charge is 2.25. The van der Waals surface area contributed by atoms with E-state index >= 15 is 0 Å². The van der Waals surface area contributed by atoms with Crippen LogP contribution in [0.25, 0.3) is 0 Å². The first-order valence-electron chi connectivity index (χ1n) is 4.12. The second-order valence-corrected chi connectivity index (χ2v) is 5.12. The van der Waals surface area contributed by atoms with Gasteiger partial charge in [-0.1, -0.05) is 13.8 Å². The lowest BCUT2D eigenvalue weighted by atomic mass is 10.5. The molecule has 2 unspecified atom stereocenters. The van der Waals surface area contributed by atoms with Gasteiger partial charge in [0.1, 0.15) is 0 Å². The maximum absolute atomic E-state index is 10.4. The molecule has 0 fully saturated rings. The molecule has 0 aliphatic heterocycles. The zero-order valence-corrected chi connectivity index (χ0v) is 9.55. The van der Waals surface area contributed by atoms with Gasteiger partial charge in [0.2, 0.25) is 0 Å². The first-order chi connectivity index (χ1) is 6.52. The Kier molecular flexibility index (Phi) is 6.64. The normalized spacial score (nSPS) is 14.7. The minimum absolute atomic E-state index is 0.374. The van der Waals surface area contributed by atoms with Crippen LogP contribution in [-0.4, -0.2) is 20.6 Å². The van der Waals surface area contributed by atoms with Crippen LogP contribution in [0.2, 0.25) is 0 Å². The molecule has 0 N–H and O–H groups in total. The van der Waals surface area contributed by atoms with E-state index in [0.717, 1.165) is 21.6 Å². The smallest absolute Gasteiger partial charge is 0.263 e. The molecule has 2 atom stereocenters. The summed E-state index contributed by atoms with van der Waals surface area (Å²) in [5.41, 5.74) is 0. The predicted octanol–water partition coefficient (Wildman–Crippen LogP) is 2.39. The zero-order valence-electron chi connectivity index (χ0n) is 7.91. The van der Waals surface area contributed by atoms with Crippen molar-refractivity contribution in [3.05, 3.63) is 20.2 Å². The summed E-state index contributed by atoms with van der Waals surface area (Å²) in [4.78, 5) is 20.0. The molecule has 0 radical (unpaired) electrons. The number of rotatable bonds is 7. The van der Waals surface area contributed by atoms with Crippen LogP contribution >= 0.6 is 21.6 Å². The summed E-state index contributed by atoms with van der Waals surface area (Å²) >= 11 is 0. The van der Waals surface area contributed by atoms with Crippen molar-refractivity contribution >= 4 is 21.6 Å². The second-order valence-electron chi connectivity index (χ2n) is 2.49. The molecule has 8 heteroatoms. The van der Waals surface area contributed by atoms with Gasteiger partial charge in [-0.3, -0.25) is 20.2 Å². The fourth-order valence-corrected chi connectivity index (χ4v) is 3.31. The molecular weight excluding hydrogens is 228 g/mol. The molecule has 0 spiro atoms. The highest BCUT2D eigenvalue weighted by Crippen LogP contribution is 2.34. The van der Waals surface area contributed by atoms with Crippen LogP contribution < -0.4 is 0 Å². The average Bonchev–Trinajstić information content (AvgIpc) is 2.11. The van der Waals surface area contributed by atoms with E-state index in [9.17, 15) is 20.2 Å². The van der Waals surface area contributed by atoms with Gasteiger partial charge in [-0.2, -0.15) is 0 Å². The van der Waals surface area contributed by atoms with E-state index in [1.807, 2.05) is 0 Å². The third kappa shape index (κ3) is 4.66. The number of nitro groups is 2. The summed E-state index contributed by atoms with van der Waals surface area (Å²) in [6, 6.07) is 0. The van der Waals surface area contributed by atoms with E-state index in [2.05, 4.69) is 0 Å². The molecule has 0 aromatic heterocycles. The zero-order chi connectivity index (χ0) is 11.1. The summed E-state index contributed by atoms with van der Waals surface area (Å²) in [5, 5.41) is 19.3. The van der Waals surface area contributed by atoms with Gasteiger partial charge in [0.25, 0.3) is 10.7 Å². The predicted molar refractivity (Wildman–Crippen MR) is 57.3 cm³/mol. The molecule has 0 rings (SSSR count). The first-order valence-corrected chi connectivity index (χ1v) is 6.39. The number of nitrogens with zero attached hydrogens (tertiary/aromatic N) is 2. The van der Waals surface area contributed by atoms with Crippen molar-refractivity contribution in [3.63, 3.8) is 0 Å². The minimum atomic E-state index is -0.756. The summed E-state index contributed by atoms with van der Waals surface area (Å²) in [7, 11) is 1.93. The number of hydrogen-bond donors (Lipinski definition) is 0. The molecule has 0 aromatic rings. The Hall–Kier alpha value is -0.500. The van der Waals surface area contributed by atoms with E-state index in [1.54, 1.807) is 13.8 Å². The van der Waals surface area contributed by atoms with E-state index in [1.165, 1.54) is 0 Å². The van der Waals surface area contributed by atoms with Crippen molar-refractivity contribution in [2.24, 2.45) is 0 Å². The van der Waals surface area contributed by atoms with Gasteiger partial charge in [-0.25, -0.2) is 0 Å².